The Morgan fingerprint density at radius 3 is 2.69 bits per heavy atom. The summed E-state index contributed by atoms with van der Waals surface area (Å²) in [6, 6.07) is 11.7. The van der Waals surface area contributed by atoms with Gasteiger partial charge in [-0.1, -0.05) is 18.2 Å². The second-order valence-corrected chi connectivity index (χ2v) is 6.48. The summed E-state index contributed by atoms with van der Waals surface area (Å²) in [5.41, 5.74) is 2.33. The molecule has 26 heavy (non-hydrogen) atoms. The minimum Gasteiger partial charge on any atom is -0.497 e. The fraction of sp³-hybridized carbons (Fsp3) is 0.333. The Hall–Kier alpha value is -2.69. The molecule has 2 aromatic rings. The first-order valence-corrected chi connectivity index (χ1v) is 8.75. The summed E-state index contributed by atoms with van der Waals surface area (Å²) in [6.07, 6.45) is 0.863. The third kappa shape index (κ3) is 3.62. The van der Waals surface area contributed by atoms with E-state index in [9.17, 15) is 14.0 Å². The summed E-state index contributed by atoms with van der Waals surface area (Å²) < 4.78 is 19.0. The summed E-state index contributed by atoms with van der Waals surface area (Å²) in [7, 11) is 1.62. The molecule has 1 aliphatic rings. The number of carbonyl (C=O) groups is 2. The van der Waals surface area contributed by atoms with Crippen LogP contribution in [0, 0.1) is 5.82 Å². The van der Waals surface area contributed by atoms with Crippen LogP contribution >= 0.6 is 0 Å². The molecule has 0 aliphatic carbocycles. The number of ether oxygens (including phenoxy) is 1. The van der Waals surface area contributed by atoms with Gasteiger partial charge in [0.1, 0.15) is 11.6 Å². The molecule has 0 N–H and O–H groups in total. The molecule has 5 heteroatoms. The highest BCUT2D eigenvalue weighted by molar-refractivity contribution is 5.98. The summed E-state index contributed by atoms with van der Waals surface area (Å²) in [5, 5.41) is 0. The SMILES string of the molecule is COc1ccc2c(c1)C(C)N(C(=O)CCC(=O)c1ccccc1F)CC2. The Bertz CT molecular complexity index is 834. The van der Waals surface area contributed by atoms with Gasteiger partial charge in [-0.3, -0.25) is 9.59 Å². The fourth-order valence-corrected chi connectivity index (χ4v) is 3.45. The van der Waals surface area contributed by atoms with Gasteiger partial charge in [-0.2, -0.15) is 0 Å². The first-order valence-electron chi connectivity index (χ1n) is 8.75. The second-order valence-electron chi connectivity index (χ2n) is 6.48. The van der Waals surface area contributed by atoms with Crippen LogP contribution in [0.3, 0.4) is 0 Å². The van der Waals surface area contributed by atoms with Gasteiger partial charge in [0.15, 0.2) is 5.78 Å². The van der Waals surface area contributed by atoms with Crippen molar-refractivity contribution in [1.29, 1.82) is 0 Å². The maximum absolute atomic E-state index is 13.7. The number of Topliss-reactive ketones (excluding diaryl/α,β-unsaturated/α-hetero) is 1. The highest BCUT2D eigenvalue weighted by Gasteiger charge is 2.28. The van der Waals surface area contributed by atoms with E-state index in [1.807, 2.05) is 25.1 Å². The van der Waals surface area contributed by atoms with Crippen LogP contribution in [0.2, 0.25) is 0 Å². The van der Waals surface area contributed by atoms with Crippen molar-refractivity contribution in [2.75, 3.05) is 13.7 Å². The van der Waals surface area contributed by atoms with Gasteiger partial charge in [-0.05, 0) is 48.7 Å². The number of ketones is 1. The Labute approximate surface area is 152 Å². The largest absolute Gasteiger partial charge is 0.497 e. The van der Waals surface area contributed by atoms with Crippen molar-refractivity contribution in [3.8, 4) is 5.75 Å². The number of rotatable bonds is 5. The van der Waals surface area contributed by atoms with Crippen molar-refractivity contribution in [2.45, 2.75) is 32.2 Å². The summed E-state index contributed by atoms with van der Waals surface area (Å²) in [4.78, 5) is 26.6. The number of hydrogen-bond donors (Lipinski definition) is 0. The van der Waals surface area contributed by atoms with Crippen LogP contribution in [-0.4, -0.2) is 30.2 Å². The van der Waals surface area contributed by atoms with Crippen molar-refractivity contribution in [2.24, 2.45) is 0 Å². The zero-order chi connectivity index (χ0) is 18.7. The lowest BCUT2D eigenvalue weighted by Gasteiger charge is -2.35. The molecule has 1 amide bonds. The molecule has 1 unspecified atom stereocenters. The molecular weight excluding hydrogens is 333 g/mol. The van der Waals surface area contributed by atoms with E-state index in [4.69, 9.17) is 4.74 Å². The molecule has 0 saturated carbocycles. The van der Waals surface area contributed by atoms with Crippen molar-refractivity contribution in [3.05, 3.63) is 65.0 Å². The Kier molecular flexibility index (Phi) is 5.35. The molecule has 4 nitrogen and oxygen atoms in total. The third-order valence-corrected chi connectivity index (χ3v) is 4.95. The predicted octanol–water partition coefficient (Wildman–Crippen LogP) is 3.94. The van der Waals surface area contributed by atoms with Gasteiger partial charge in [-0.25, -0.2) is 4.39 Å². The normalized spacial score (nSPS) is 16.1. The lowest BCUT2D eigenvalue weighted by atomic mass is 9.92. The van der Waals surface area contributed by atoms with Gasteiger partial charge in [0.05, 0.1) is 18.7 Å². The van der Waals surface area contributed by atoms with Crippen LogP contribution in [0.4, 0.5) is 4.39 Å². The first kappa shape index (κ1) is 18.1. The molecule has 2 aromatic carbocycles. The maximum Gasteiger partial charge on any atom is 0.223 e. The Morgan fingerprint density at radius 2 is 1.96 bits per heavy atom. The van der Waals surface area contributed by atoms with E-state index >= 15 is 0 Å². The minimum atomic E-state index is -0.544. The van der Waals surface area contributed by atoms with E-state index in [1.54, 1.807) is 24.1 Å². The number of halogens is 1. The summed E-state index contributed by atoms with van der Waals surface area (Å²) in [5.74, 6) is -0.212. The predicted molar refractivity (Wildman–Crippen MR) is 96.8 cm³/mol. The molecular formula is C21H22FNO3. The van der Waals surface area contributed by atoms with Crippen molar-refractivity contribution < 1.29 is 18.7 Å². The summed E-state index contributed by atoms with van der Waals surface area (Å²) >= 11 is 0. The molecule has 0 fully saturated rings. The molecule has 0 spiro atoms. The Balaban J connectivity index is 1.67. The van der Waals surface area contributed by atoms with E-state index in [2.05, 4.69) is 0 Å². The van der Waals surface area contributed by atoms with Gasteiger partial charge >= 0.3 is 0 Å². The van der Waals surface area contributed by atoms with E-state index in [0.717, 1.165) is 17.7 Å². The smallest absolute Gasteiger partial charge is 0.223 e. The van der Waals surface area contributed by atoms with Gasteiger partial charge in [0, 0.05) is 19.4 Å². The number of methoxy groups -OCH3 is 1. The topological polar surface area (TPSA) is 46.6 Å². The monoisotopic (exact) mass is 355 g/mol. The molecule has 0 aromatic heterocycles. The highest BCUT2D eigenvalue weighted by atomic mass is 19.1. The average Bonchev–Trinajstić information content (AvgIpc) is 2.66. The molecule has 0 bridgehead atoms. The highest BCUT2D eigenvalue weighted by Crippen LogP contribution is 2.32. The van der Waals surface area contributed by atoms with E-state index < -0.39 is 5.82 Å². The van der Waals surface area contributed by atoms with Crippen molar-refractivity contribution in [3.63, 3.8) is 0 Å². The van der Waals surface area contributed by atoms with Crippen molar-refractivity contribution in [1.82, 2.24) is 4.90 Å². The first-order chi connectivity index (χ1) is 12.5. The van der Waals surface area contributed by atoms with Crippen LogP contribution in [0.5, 0.6) is 5.75 Å². The minimum absolute atomic E-state index is 0.00789. The zero-order valence-corrected chi connectivity index (χ0v) is 15.0. The fourth-order valence-electron chi connectivity index (χ4n) is 3.45. The Morgan fingerprint density at radius 1 is 1.19 bits per heavy atom. The van der Waals surface area contributed by atoms with Crippen LogP contribution in [0.25, 0.3) is 0 Å². The molecule has 0 saturated heterocycles. The van der Waals surface area contributed by atoms with Gasteiger partial charge < -0.3 is 9.64 Å². The van der Waals surface area contributed by atoms with Crippen LogP contribution in [0.15, 0.2) is 42.5 Å². The van der Waals surface area contributed by atoms with E-state index in [0.29, 0.717) is 6.54 Å². The quantitative estimate of drug-likeness (QED) is 0.763. The lowest BCUT2D eigenvalue weighted by molar-refractivity contribution is -0.133. The van der Waals surface area contributed by atoms with Gasteiger partial charge in [0.2, 0.25) is 5.91 Å². The average molecular weight is 355 g/mol. The van der Waals surface area contributed by atoms with Crippen LogP contribution in [0.1, 0.15) is 47.3 Å². The van der Waals surface area contributed by atoms with Crippen LogP contribution < -0.4 is 4.74 Å². The van der Waals surface area contributed by atoms with Crippen molar-refractivity contribution >= 4 is 11.7 Å². The van der Waals surface area contributed by atoms with E-state index in [1.165, 1.54) is 17.7 Å². The zero-order valence-electron chi connectivity index (χ0n) is 15.0. The van der Waals surface area contributed by atoms with E-state index in [-0.39, 0.29) is 36.1 Å². The third-order valence-electron chi connectivity index (χ3n) is 4.95. The van der Waals surface area contributed by atoms with Crippen LogP contribution in [-0.2, 0) is 11.2 Å². The summed E-state index contributed by atoms with van der Waals surface area (Å²) in [6.45, 7) is 2.60. The second kappa shape index (κ2) is 7.68. The van der Waals surface area contributed by atoms with Gasteiger partial charge in [0.25, 0.3) is 0 Å². The number of carbonyl (C=O) groups excluding carboxylic acids is 2. The lowest BCUT2D eigenvalue weighted by Crippen LogP contribution is -2.39. The number of benzene rings is 2. The molecule has 1 aliphatic heterocycles. The van der Waals surface area contributed by atoms with Gasteiger partial charge in [-0.15, -0.1) is 0 Å². The molecule has 136 valence electrons. The number of fused-ring (bicyclic) bond motifs is 1. The maximum atomic E-state index is 13.7. The number of hydrogen-bond acceptors (Lipinski definition) is 3. The standard InChI is InChI=1S/C21H22FNO3/c1-14-18-13-16(26-2)8-7-15(18)11-12-23(14)21(25)10-9-20(24)17-5-3-4-6-19(17)22/h3-8,13-14H,9-12H2,1-2H3. The number of nitrogens with zero attached hydrogens (tertiary/aromatic N) is 1. The molecule has 1 atom stereocenters. The number of amides is 1. The molecule has 0 radical (unpaired) electrons. The molecule has 3 rings (SSSR count). The molecule has 1 heterocycles.